The summed E-state index contributed by atoms with van der Waals surface area (Å²) < 4.78 is 0. The number of urea groups is 1. The molecular formula is C20H26N4O5. The molecule has 1 saturated heterocycles. The molecule has 1 heterocycles. The maximum atomic E-state index is 12.9. The highest BCUT2D eigenvalue weighted by Gasteiger charge is 2.36. The van der Waals surface area contributed by atoms with Gasteiger partial charge in [-0.2, -0.15) is 0 Å². The van der Waals surface area contributed by atoms with Crippen molar-refractivity contribution in [3.8, 4) is 0 Å². The van der Waals surface area contributed by atoms with Gasteiger partial charge in [-0.15, -0.1) is 0 Å². The van der Waals surface area contributed by atoms with Crippen LogP contribution in [0.15, 0.2) is 36.4 Å². The van der Waals surface area contributed by atoms with E-state index in [1.165, 1.54) is 0 Å². The largest absolute Gasteiger partial charge is 0.343 e. The number of amides is 5. The van der Waals surface area contributed by atoms with E-state index in [9.17, 15) is 24.4 Å². The summed E-state index contributed by atoms with van der Waals surface area (Å²) >= 11 is 0. The number of carbonyl (C=O) groups is 4. The molecule has 1 aliphatic rings. The van der Waals surface area contributed by atoms with E-state index in [0.29, 0.717) is 6.42 Å². The molecule has 156 valence electrons. The van der Waals surface area contributed by atoms with Gasteiger partial charge in [-0.25, -0.2) is 15.3 Å². The summed E-state index contributed by atoms with van der Waals surface area (Å²) in [4.78, 5) is 48.2. The number of hydrazine groups is 1. The number of rotatable bonds is 9. The van der Waals surface area contributed by atoms with E-state index in [2.05, 4.69) is 10.7 Å². The molecule has 0 radical (unpaired) electrons. The van der Waals surface area contributed by atoms with Crippen LogP contribution in [0.5, 0.6) is 0 Å². The summed E-state index contributed by atoms with van der Waals surface area (Å²) in [7, 11) is 0. The molecule has 0 aromatic heterocycles. The van der Waals surface area contributed by atoms with Crippen LogP contribution in [-0.2, 0) is 14.4 Å². The Hall–Kier alpha value is -3.20. The smallest absolute Gasteiger partial charge is 0.289 e. The molecule has 4 N–H and O–H groups in total. The molecule has 9 heteroatoms. The standard InChI is InChI=1S/C20H26N4O5/c1-13(2)11-16(18(26)22-24-12-17(25)21-20(24)28)15(19(27)23-29)10-6-9-14-7-4-3-5-8-14/h3-9,13,15-16,29H,10-12H2,1-2H3,(H,22,26)(H,23,27)(H,21,25,28)/b9-6+/t15?,16-/m1/s1. The Labute approximate surface area is 169 Å². The molecule has 0 saturated carbocycles. The Morgan fingerprint density at radius 1 is 1.17 bits per heavy atom. The first-order valence-electron chi connectivity index (χ1n) is 9.39. The molecule has 1 aromatic carbocycles. The molecule has 1 aromatic rings. The molecular weight excluding hydrogens is 376 g/mol. The minimum atomic E-state index is -0.858. The van der Waals surface area contributed by atoms with E-state index in [1.54, 1.807) is 11.6 Å². The summed E-state index contributed by atoms with van der Waals surface area (Å²) in [5.74, 6) is -3.37. The van der Waals surface area contributed by atoms with E-state index in [-0.39, 0.29) is 18.9 Å². The Balaban J connectivity index is 2.17. The first-order chi connectivity index (χ1) is 13.8. The van der Waals surface area contributed by atoms with Crippen LogP contribution in [0.25, 0.3) is 6.08 Å². The van der Waals surface area contributed by atoms with Gasteiger partial charge >= 0.3 is 6.03 Å². The SMILES string of the molecule is CC(C)C[C@@H](C(=O)NN1CC(=O)NC1=O)C(C/C=C/c1ccccc1)C(=O)NO. The summed E-state index contributed by atoms with van der Waals surface area (Å²) in [6.45, 7) is 3.52. The highest BCUT2D eigenvalue weighted by Crippen LogP contribution is 2.25. The number of nitrogens with zero attached hydrogens (tertiary/aromatic N) is 1. The van der Waals surface area contributed by atoms with Crippen LogP contribution in [0.4, 0.5) is 4.79 Å². The van der Waals surface area contributed by atoms with Crippen molar-refractivity contribution in [3.05, 3.63) is 42.0 Å². The second-order valence-corrected chi connectivity index (χ2v) is 7.28. The second-order valence-electron chi connectivity index (χ2n) is 7.28. The van der Waals surface area contributed by atoms with E-state index < -0.39 is 35.6 Å². The van der Waals surface area contributed by atoms with Crippen LogP contribution in [-0.4, -0.2) is 40.5 Å². The molecule has 0 aliphatic carbocycles. The van der Waals surface area contributed by atoms with Crippen LogP contribution < -0.4 is 16.2 Å². The van der Waals surface area contributed by atoms with Crippen LogP contribution in [0.3, 0.4) is 0 Å². The van der Waals surface area contributed by atoms with Crippen molar-refractivity contribution >= 4 is 29.8 Å². The summed E-state index contributed by atoms with van der Waals surface area (Å²) in [6.07, 6.45) is 4.15. The first kappa shape index (κ1) is 22.1. The Morgan fingerprint density at radius 3 is 2.41 bits per heavy atom. The molecule has 0 spiro atoms. The predicted molar refractivity (Wildman–Crippen MR) is 105 cm³/mol. The van der Waals surface area contributed by atoms with Crippen molar-refractivity contribution in [2.45, 2.75) is 26.7 Å². The van der Waals surface area contributed by atoms with Gasteiger partial charge in [0.25, 0.3) is 0 Å². The molecule has 5 amide bonds. The Bertz CT molecular complexity index is 778. The highest BCUT2D eigenvalue weighted by molar-refractivity contribution is 6.02. The lowest BCUT2D eigenvalue weighted by atomic mass is 9.82. The van der Waals surface area contributed by atoms with Gasteiger partial charge in [0.05, 0.1) is 11.8 Å². The lowest BCUT2D eigenvalue weighted by Crippen LogP contribution is -2.49. The zero-order valence-corrected chi connectivity index (χ0v) is 16.4. The third-order valence-corrected chi connectivity index (χ3v) is 4.53. The fourth-order valence-corrected chi connectivity index (χ4v) is 3.16. The van der Waals surface area contributed by atoms with Gasteiger partial charge in [0.2, 0.25) is 17.7 Å². The highest BCUT2D eigenvalue weighted by atomic mass is 16.5. The zero-order chi connectivity index (χ0) is 21.4. The predicted octanol–water partition coefficient (Wildman–Crippen LogP) is 1.46. The molecule has 1 aliphatic heterocycles. The molecule has 9 nitrogen and oxygen atoms in total. The summed E-state index contributed by atoms with van der Waals surface area (Å²) in [5, 5.41) is 12.1. The topological polar surface area (TPSA) is 128 Å². The van der Waals surface area contributed by atoms with Crippen molar-refractivity contribution in [2.75, 3.05) is 6.54 Å². The molecule has 2 rings (SSSR count). The molecule has 1 fully saturated rings. The number of benzene rings is 1. The Morgan fingerprint density at radius 2 is 1.86 bits per heavy atom. The monoisotopic (exact) mass is 402 g/mol. The van der Waals surface area contributed by atoms with Crippen molar-refractivity contribution < 1.29 is 24.4 Å². The van der Waals surface area contributed by atoms with Gasteiger partial charge in [-0.3, -0.25) is 30.3 Å². The number of hydroxylamine groups is 1. The van der Waals surface area contributed by atoms with Crippen molar-refractivity contribution in [3.63, 3.8) is 0 Å². The van der Waals surface area contributed by atoms with Crippen molar-refractivity contribution in [1.82, 2.24) is 21.2 Å². The number of imide groups is 1. The maximum Gasteiger partial charge on any atom is 0.343 e. The number of allylic oxidation sites excluding steroid dienone is 1. The normalized spacial score (nSPS) is 16.1. The third kappa shape index (κ3) is 6.42. The van der Waals surface area contributed by atoms with Gasteiger partial charge in [-0.05, 0) is 24.3 Å². The molecule has 2 atom stereocenters. The lowest BCUT2D eigenvalue weighted by Gasteiger charge is -2.27. The van der Waals surface area contributed by atoms with Crippen LogP contribution >= 0.6 is 0 Å². The van der Waals surface area contributed by atoms with E-state index >= 15 is 0 Å². The van der Waals surface area contributed by atoms with Crippen molar-refractivity contribution in [1.29, 1.82) is 0 Å². The van der Waals surface area contributed by atoms with Gasteiger partial charge in [0.1, 0.15) is 6.54 Å². The number of hydrogen-bond acceptors (Lipinski definition) is 5. The first-order valence-corrected chi connectivity index (χ1v) is 9.39. The average molecular weight is 402 g/mol. The third-order valence-electron chi connectivity index (χ3n) is 4.53. The van der Waals surface area contributed by atoms with E-state index in [0.717, 1.165) is 10.6 Å². The minimum absolute atomic E-state index is 0.0758. The quantitative estimate of drug-likeness (QED) is 0.282. The zero-order valence-electron chi connectivity index (χ0n) is 16.4. The molecule has 1 unspecified atom stereocenters. The molecule has 29 heavy (non-hydrogen) atoms. The lowest BCUT2D eigenvalue weighted by molar-refractivity contribution is -0.142. The van der Waals surface area contributed by atoms with Crippen molar-refractivity contribution in [2.24, 2.45) is 17.8 Å². The minimum Gasteiger partial charge on any atom is -0.289 e. The van der Waals surface area contributed by atoms with E-state index in [4.69, 9.17) is 0 Å². The number of nitrogens with one attached hydrogen (secondary N) is 3. The van der Waals surface area contributed by atoms with Gasteiger partial charge in [-0.1, -0.05) is 56.3 Å². The van der Waals surface area contributed by atoms with Gasteiger partial charge in [0, 0.05) is 0 Å². The van der Waals surface area contributed by atoms with Gasteiger partial charge in [0.15, 0.2) is 0 Å². The van der Waals surface area contributed by atoms with Crippen LogP contribution in [0, 0.1) is 17.8 Å². The maximum absolute atomic E-state index is 12.9. The summed E-state index contributed by atoms with van der Waals surface area (Å²) in [5.41, 5.74) is 4.98. The average Bonchev–Trinajstić information content (AvgIpc) is 3.00. The fraction of sp³-hybridized carbons (Fsp3) is 0.400. The van der Waals surface area contributed by atoms with Crippen LogP contribution in [0.2, 0.25) is 0 Å². The van der Waals surface area contributed by atoms with Gasteiger partial charge < -0.3 is 0 Å². The number of carbonyl (C=O) groups excluding carboxylic acids is 4. The fourth-order valence-electron chi connectivity index (χ4n) is 3.16. The molecule has 0 bridgehead atoms. The van der Waals surface area contributed by atoms with Crippen LogP contribution in [0.1, 0.15) is 32.3 Å². The number of hydrogen-bond donors (Lipinski definition) is 4. The van der Waals surface area contributed by atoms with E-state index in [1.807, 2.05) is 50.3 Å². The summed E-state index contributed by atoms with van der Waals surface area (Å²) in [6, 6.07) is 8.74. The Kier molecular flexibility index (Phi) is 7.90. The second kappa shape index (κ2) is 10.4.